The first-order chi connectivity index (χ1) is 16.8. The van der Waals surface area contributed by atoms with Crippen LogP contribution >= 0.6 is 27.5 Å². The van der Waals surface area contributed by atoms with Crippen molar-refractivity contribution >= 4 is 56.6 Å². The standard InChI is InChI=1S/C27H17BrClNO5/c1-13-16(7-4-8-19(13)29)22-20-21(26(34)30(25(20)33)15-11-9-14(28)10-12-15)27(35-22)23(31)17-5-2-3-6-18(17)24(27)32/h2-12,20-22H,1H3/t20-,21+,22-/m0/s1. The van der Waals surface area contributed by atoms with Gasteiger partial charge >= 0.3 is 0 Å². The molecule has 2 heterocycles. The van der Waals surface area contributed by atoms with Crippen LogP contribution in [0.3, 0.4) is 0 Å². The Bertz CT molecular complexity index is 1430. The lowest BCUT2D eigenvalue weighted by molar-refractivity contribution is -0.127. The molecular weight excluding hydrogens is 534 g/mol. The van der Waals surface area contributed by atoms with E-state index in [2.05, 4.69) is 15.9 Å². The van der Waals surface area contributed by atoms with Gasteiger partial charge in [-0.3, -0.25) is 19.2 Å². The number of halogens is 2. The SMILES string of the molecule is Cc1c(Cl)cccc1[C@@H]1OC2(C(=O)c3ccccc3C2=O)[C@H]2C(=O)N(c3ccc(Br)cc3)C(=O)[C@H]12. The van der Waals surface area contributed by atoms with Crippen LogP contribution in [0.25, 0.3) is 0 Å². The number of Topliss-reactive ketones (excluding diaryl/α,β-unsaturated/α-hetero) is 2. The minimum atomic E-state index is -2.11. The molecule has 0 saturated carbocycles. The van der Waals surface area contributed by atoms with E-state index in [1.165, 1.54) is 0 Å². The van der Waals surface area contributed by atoms with Crippen molar-refractivity contribution in [3.05, 3.63) is 98.5 Å². The van der Waals surface area contributed by atoms with E-state index in [9.17, 15) is 19.2 Å². The molecule has 2 amide bonds. The molecule has 2 aliphatic heterocycles. The summed E-state index contributed by atoms with van der Waals surface area (Å²) in [6, 6.07) is 18.3. The third-order valence-electron chi connectivity index (χ3n) is 7.22. The molecule has 6 nitrogen and oxygen atoms in total. The molecule has 3 aromatic rings. The number of hydrogen-bond donors (Lipinski definition) is 0. The van der Waals surface area contributed by atoms with Crippen molar-refractivity contribution in [3.63, 3.8) is 0 Å². The minimum Gasteiger partial charge on any atom is -0.349 e. The van der Waals surface area contributed by atoms with Crippen LogP contribution < -0.4 is 4.90 Å². The second kappa shape index (κ2) is 7.68. The number of carbonyl (C=O) groups is 4. The molecule has 3 aliphatic rings. The molecule has 0 N–H and O–H groups in total. The molecule has 0 aromatic heterocycles. The summed E-state index contributed by atoms with van der Waals surface area (Å²) in [4.78, 5) is 56.4. The molecule has 1 aliphatic carbocycles. The van der Waals surface area contributed by atoms with Crippen LogP contribution in [-0.2, 0) is 14.3 Å². The number of benzene rings is 3. The summed E-state index contributed by atoms with van der Waals surface area (Å²) in [5.74, 6) is -4.68. The Morgan fingerprint density at radius 1 is 0.857 bits per heavy atom. The molecule has 1 spiro atoms. The fraction of sp³-hybridized carbons (Fsp3) is 0.185. The van der Waals surface area contributed by atoms with E-state index in [0.29, 0.717) is 21.8 Å². The summed E-state index contributed by atoms with van der Waals surface area (Å²) in [7, 11) is 0. The third-order valence-corrected chi connectivity index (χ3v) is 8.16. The molecule has 8 heteroatoms. The highest BCUT2D eigenvalue weighted by Gasteiger charge is 2.74. The lowest BCUT2D eigenvalue weighted by atomic mass is 9.77. The Kier molecular flexibility index (Phi) is 4.90. The Morgan fingerprint density at radius 2 is 1.49 bits per heavy atom. The lowest BCUT2D eigenvalue weighted by Crippen LogP contribution is -2.51. The molecule has 2 fully saturated rings. The number of anilines is 1. The van der Waals surface area contributed by atoms with Gasteiger partial charge in [-0.05, 0) is 48.4 Å². The molecule has 35 heavy (non-hydrogen) atoms. The van der Waals surface area contributed by atoms with Crippen LogP contribution in [0.5, 0.6) is 0 Å². The molecule has 174 valence electrons. The van der Waals surface area contributed by atoms with Gasteiger partial charge in [-0.25, -0.2) is 4.90 Å². The second-order valence-corrected chi connectivity index (χ2v) is 10.2. The van der Waals surface area contributed by atoms with Gasteiger partial charge in [-0.2, -0.15) is 0 Å². The zero-order chi connectivity index (χ0) is 24.6. The van der Waals surface area contributed by atoms with Gasteiger partial charge in [0.15, 0.2) is 0 Å². The monoisotopic (exact) mass is 549 g/mol. The molecule has 6 rings (SSSR count). The lowest BCUT2D eigenvalue weighted by Gasteiger charge is -2.27. The van der Waals surface area contributed by atoms with E-state index in [1.54, 1.807) is 73.7 Å². The third kappa shape index (κ3) is 2.86. The highest BCUT2D eigenvalue weighted by atomic mass is 79.9. The first-order valence-corrected chi connectivity index (χ1v) is 12.2. The van der Waals surface area contributed by atoms with Crippen molar-refractivity contribution in [2.75, 3.05) is 4.90 Å². The molecule has 0 unspecified atom stereocenters. The molecule has 3 aromatic carbocycles. The second-order valence-electron chi connectivity index (χ2n) is 8.92. The van der Waals surface area contributed by atoms with Crippen LogP contribution in [0.2, 0.25) is 5.02 Å². The summed E-state index contributed by atoms with van der Waals surface area (Å²) >= 11 is 9.72. The van der Waals surface area contributed by atoms with E-state index in [0.717, 1.165) is 9.37 Å². The topological polar surface area (TPSA) is 80.8 Å². The first kappa shape index (κ1) is 22.3. The van der Waals surface area contributed by atoms with E-state index in [1.807, 2.05) is 0 Å². The van der Waals surface area contributed by atoms with Crippen LogP contribution in [0, 0.1) is 18.8 Å². The Labute approximate surface area is 214 Å². The van der Waals surface area contributed by atoms with E-state index in [-0.39, 0.29) is 11.1 Å². The van der Waals surface area contributed by atoms with Crippen molar-refractivity contribution < 1.29 is 23.9 Å². The highest BCUT2D eigenvalue weighted by Crippen LogP contribution is 2.58. The summed E-state index contributed by atoms with van der Waals surface area (Å²) in [5, 5.41) is 0.456. The van der Waals surface area contributed by atoms with E-state index < -0.39 is 46.9 Å². The predicted molar refractivity (Wildman–Crippen MR) is 131 cm³/mol. The number of ketones is 2. The number of carbonyl (C=O) groups excluding carboxylic acids is 4. The highest BCUT2D eigenvalue weighted by molar-refractivity contribution is 9.10. The van der Waals surface area contributed by atoms with Crippen molar-refractivity contribution in [1.82, 2.24) is 0 Å². The largest absolute Gasteiger partial charge is 0.349 e. The molecule has 3 atom stereocenters. The maximum atomic E-state index is 13.9. The van der Waals surface area contributed by atoms with Crippen molar-refractivity contribution in [2.45, 2.75) is 18.6 Å². The number of rotatable bonds is 2. The number of nitrogens with zero attached hydrogens (tertiary/aromatic N) is 1. The number of ether oxygens (including phenoxy) is 1. The average Bonchev–Trinajstić information content (AvgIpc) is 3.42. The van der Waals surface area contributed by atoms with Gasteiger partial charge in [0.2, 0.25) is 29.0 Å². The fourth-order valence-corrected chi connectivity index (χ4v) is 6.02. The number of imide groups is 1. The average molecular weight is 551 g/mol. The van der Waals surface area contributed by atoms with Gasteiger partial charge in [-0.15, -0.1) is 0 Å². The summed E-state index contributed by atoms with van der Waals surface area (Å²) < 4.78 is 7.10. The van der Waals surface area contributed by atoms with Gasteiger partial charge < -0.3 is 4.74 Å². The Hall–Kier alpha value is -3.13. The predicted octanol–water partition coefficient (Wildman–Crippen LogP) is 5.11. The van der Waals surface area contributed by atoms with Crippen molar-refractivity contribution in [2.24, 2.45) is 11.8 Å². The maximum absolute atomic E-state index is 13.9. The number of hydrogen-bond acceptors (Lipinski definition) is 5. The quantitative estimate of drug-likeness (QED) is 0.327. The summed E-state index contributed by atoms with van der Waals surface area (Å²) in [6.07, 6.45) is -1.00. The Balaban J connectivity index is 1.57. The zero-order valence-electron chi connectivity index (χ0n) is 18.3. The van der Waals surface area contributed by atoms with Gasteiger partial charge in [0.1, 0.15) is 0 Å². The molecule has 0 radical (unpaired) electrons. The smallest absolute Gasteiger partial charge is 0.241 e. The molecule has 2 saturated heterocycles. The Morgan fingerprint density at radius 3 is 2.11 bits per heavy atom. The molecular formula is C27H17BrClNO5. The van der Waals surface area contributed by atoms with Gasteiger partial charge in [0.05, 0.1) is 23.6 Å². The normalized spacial score (nSPS) is 24.4. The van der Waals surface area contributed by atoms with Crippen molar-refractivity contribution in [1.29, 1.82) is 0 Å². The molecule has 0 bridgehead atoms. The van der Waals surface area contributed by atoms with E-state index >= 15 is 0 Å². The van der Waals surface area contributed by atoms with Crippen LogP contribution in [0.1, 0.15) is 37.9 Å². The van der Waals surface area contributed by atoms with Gasteiger partial charge in [0.25, 0.3) is 0 Å². The van der Waals surface area contributed by atoms with Crippen LogP contribution in [-0.4, -0.2) is 29.0 Å². The van der Waals surface area contributed by atoms with Crippen LogP contribution in [0.4, 0.5) is 5.69 Å². The summed E-state index contributed by atoms with van der Waals surface area (Å²) in [5.41, 5.74) is -0.119. The maximum Gasteiger partial charge on any atom is 0.241 e. The van der Waals surface area contributed by atoms with Gasteiger partial charge in [0, 0.05) is 20.6 Å². The van der Waals surface area contributed by atoms with E-state index in [4.69, 9.17) is 16.3 Å². The minimum absolute atomic E-state index is 0.196. The van der Waals surface area contributed by atoms with Crippen molar-refractivity contribution in [3.8, 4) is 0 Å². The first-order valence-electron chi connectivity index (χ1n) is 11.0. The van der Waals surface area contributed by atoms with Gasteiger partial charge in [-0.1, -0.05) is 63.9 Å². The fourth-order valence-electron chi connectivity index (χ4n) is 5.58. The van der Waals surface area contributed by atoms with Crippen LogP contribution in [0.15, 0.2) is 71.2 Å². The summed E-state index contributed by atoms with van der Waals surface area (Å²) in [6.45, 7) is 1.78. The number of amides is 2. The number of fused-ring (bicyclic) bond motifs is 3. The zero-order valence-corrected chi connectivity index (χ0v) is 20.7.